The standard InChI is InChI=1S/C21H18N4S/c1-25-19-10-6-5-9-17(19)18-13-15(11-12-20(18)25)14-22-24-21(26)23-16-7-3-2-4-8-16/h2-14H,1H3,(H2,23,24,26)/b22-14-. The Kier molecular flexibility index (Phi) is 4.37. The number of fused-ring (bicyclic) bond motifs is 3. The van der Waals surface area contributed by atoms with Gasteiger partial charge in [-0.25, -0.2) is 0 Å². The minimum atomic E-state index is 0.457. The van der Waals surface area contributed by atoms with E-state index >= 15 is 0 Å². The number of hydrogen-bond acceptors (Lipinski definition) is 2. The number of nitrogens with zero attached hydrogens (tertiary/aromatic N) is 2. The lowest BCUT2D eigenvalue weighted by Gasteiger charge is -2.06. The Bertz CT molecular complexity index is 1110. The van der Waals surface area contributed by atoms with Crippen molar-refractivity contribution in [2.75, 3.05) is 5.32 Å². The van der Waals surface area contributed by atoms with Gasteiger partial charge < -0.3 is 9.88 Å². The van der Waals surface area contributed by atoms with Crippen LogP contribution in [0.3, 0.4) is 0 Å². The first-order valence-electron chi connectivity index (χ1n) is 8.35. The molecule has 0 amide bonds. The van der Waals surface area contributed by atoms with E-state index in [1.165, 1.54) is 21.8 Å². The molecule has 0 saturated heterocycles. The molecular weight excluding hydrogens is 340 g/mol. The van der Waals surface area contributed by atoms with Gasteiger partial charge in [-0.1, -0.05) is 42.5 Å². The van der Waals surface area contributed by atoms with Crippen molar-refractivity contribution in [3.8, 4) is 0 Å². The fraction of sp³-hybridized carbons (Fsp3) is 0.0476. The summed E-state index contributed by atoms with van der Waals surface area (Å²) < 4.78 is 2.21. The Morgan fingerprint density at radius 3 is 2.50 bits per heavy atom. The van der Waals surface area contributed by atoms with E-state index in [0.29, 0.717) is 5.11 Å². The lowest BCUT2D eigenvalue weighted by molar-refractivity contribution is 1.01. The minimum Gasteiger partial charge on any atom is -0.344 e. The summed E-state index contributed by atoms with van der Waals surface area (Å²) in [5.41, 5.74) is 7.23. The molecule has 128 valence electrons. The molecule has 0 fully saturated rings. The summed E-state index contributed by atoms with van der Waals surface area (Å²) in [6.45, 7) is 0. The Hall–Kier alpha value is -3.18. The van der Waals surface area contributed by atoms with Gasteiger partial charge >= 0.3 is 0 Å². The summed E-state index contributed by atoms with van der Waals surface area (Å²) in [5.74, 6) is 0. The third-order valence-electron chi connectivity index (χ3n) is 4.35. The van der Waals surface area contributed by atoms with Gasteiger partial charge in [0.15, 0.2) is 5.11 Å². The van der Waals surface area contributed by atoms with Crippen molar-refractivity contribution in [2.45, 2.75) is 0 Å². The Morgan fingerprint density at radius 2 is 1.65 bits per heavy atom. The van der Waals surface area contributed by atoms with Crippen LogP contribution in [0.5, 0.6) is 0 Å². The number of thiocarbonyl (C=S) groups is 1. The number of aromatic nitrogens is 1. The Labute approximate surface area is 157 Å². The molecule has 26 heavy (non-hydrogen) atoms. The predicted molar refractivity (Wildman–Crippen MR) is 114 cm³/mol. The summed E-state index contributed by atoms with van der Waals surface area (Å²) in [5, 5.41) is 10.3. The minimum absolute atomic E-state index is 0.457. The fourth-order valence-electron chi connectivity index (χ4n) is 3.11. The van der Waals surface area contributed by atoms with Crippen molar-refractivity contribution in [3.63, 3.8) is 0 Å². The molecule has 0 aliphatic heterocycles. The zero-order valence-corrected chi connectivity index (χ0v) is 15.1. The molecular formula is C21H18N4S. The molecule has 4 rings (SSSR count). The van der Waals surface area contributed by atoms with Gasteiger partial charge in [0.05, 0.1) is 6.21 Å². The van der Waals surface area contributed by atoms with Crippen LogP contribution in [0, 0.1) is 0 Å². The number of benzene rings is 3. The second kappa shape index (κ2) is 6.98. The van der Waals surface area contributed by atoms with Crippen molar-refractivity contribution in [1.82, 2.24) is 9.99 Å². The highest BCUT2D eigenvalue weighted by Crippen LogP contribution is 2.28. The van der Waals surface area contributed by atoms with E-state index in [9.17, 15) is 0 Å². The lowest BCUT2D eigenvalue weighted by atomic mass is 10.1. The van der Waals surface area contributed by atoms with E-state index in [1.807, 2.05) is 30.3 Å². The number of aryl methyl sites for hydroxylation is 1. The molecule has 0 aliphatic carbocycles. The molecule has 4 nitrogen and oxygen atoms in total. The second-order valence-corrected chi connectivity index (χ2v) is 6.45. The maximum Gasteiger partial charge on any atom is 0.191 e. The molecule has 0 radical (unpaired) electrons. The van der Waals surface area contributed by atoms with Crippen molar-refractivity contribution in [3.05, 3.63) is 78.4 Å². The van der Waals surface area contributed by atoms with Gasteiger partial charge in [-0.3, -0.25) is 5.43 Å². The van der Waals surface area contributed by atoms with Crippen LogP contribution in [0.4, 0.5) is 5.69 Å². The molecule has 2 N–H and O–H groups in total. The number of para-hydroxylation sites is 2. The molecule has 4 aromatic rings. The van der Waals surface area contributed by atoms with Crippen LogP contribution >= 0.6 is 12.2 Å². The van der Waals surface area contributed by atoms with Crippen LogP contribution < -0.4 is 10.7 Å². The van der Waals surface area contributed by atoms with E-state index in [-0.39, 0.29) is 0 Å². The molecule has 1 aromatic heterocycles. The highest BCUT2D eigenvalue weighted by atomic mass is 32.1. The average molecular weight is 358 g/mol. The van der Waals surface area contributed by atoms with E-state index in [0.717, 1.165) is 11.3 Å². The first kappa shape index (κ1) is 16.3. The van der Waals surface area contributed by atoms with Gasteiger partial charge in [0.1, 0.15) is 0 Å². The number of rotatable bonds is 3. The van der Waals surface area contributed by atoms with E-state index in [2.05, 4.69) is 69.9 Å². The van der Waals surface area contributed by atoms with Gasteiger partial charge in [0.25, 0.3) is 0 Å². The monoisotopic (exact) mass is 358 g/mol. The molecule has 1 heterocycles. The summed E-state index contributed by atoms with van der Waals surface area (Å²) in [7, 11) is 2.09. The summed E-state index contributed by atoms with van der Waals surface area (Å²) in [6, 6.07) is 24.5. The summed E-state index contributed by atoms with van der Waals surface area (Å²) in [4.78, 5) is 0. The zero-order chi connectivity index (χ0) is 17.9. The topological polar surface area (TPSA) is 41.4 Å². The van der Waals surface area contributed by atoms with Crippen LogP contribution in [0.2, 0.25) is 0 Å². The predicted octanol–water partition coefficient (Wildman–Crippen LogP) is 4.65. The lowest BCUT2D eigenvalue weighted by Crippen LogP contribution is -2.23. The number of hydrazone groups is 1. The maximum atomic E-state index is 5.26. The van der Waals surface area contributed by atoms with Gasteiger partial charge in [0.2, 0.25) is 0 Å². The Balaban J connectivity index is 1.53. The maximum absolute atomic E-state index is 5.26. The quantitative estimate of drug-likeness (QED) is 0.318. The third kappa shape index (κ3) is 3.17. The smallest absolute Gasteiger partial charge is 0.191 e. The molecule has 0 atom stereocenters. The van der Waals surface area contributed by atoms with E-state index in [1.54, 1.807) is 6.21 Å². The first-order valence-corrected chi connectivity index (χ1v) is 8.75. The van der Waals surface area contributed by atoms with Crippen molar-refractivity contribution >= 4 is 51.0 Å². The number of anilines is 1. The van der Waals surface area contributed by atoms with E-state index in [4.69, 9.17) is 12.2 Å². The molecule has 5 heteroatoms. The number of hydrogen-bond donors (Lipinski definition) is 2. The second-order valence-electron chi connectivity index (χ2n) is 6.04. The third-order valence-corrected chi connectivity index (χ3v) is 4.54. The Morgan fingerprint density at radius 1 is 0.923 bits per heavy atom. The molecule has 3 aromatic carbocycles. The van der Waals surface area contributed by atoms with Crippen molar-refractivity contribution in [2.24, 2.45) is 12.1 Å². The van der Waals surface area contributed by atoms with Gasteiger partial charge in [0, 0.05) is 34.5 Å². The van der Waals surface area contributed by atoms with Gasteiger partial charge in [-0.2, -0.15) is 5.10 Å². The average Bonchev–Trinajstić information content (AvgIpc) is 2.95. The van der Waals surface area contributed by atoms with Crippen LogP contribution in [0.1, 0.15) is 5.56 Å². The van der Waals surface area contributed by atoms with Crippen molar-refractivity contribution in [1.29, 1.82) is 0 Å². The summed E-state index contributed by atoms with van der Waals surface area (Å²) >= 11 is 5.26. The largest absolute Gasteiger partial charge is 0.344 e. The summed E-state index contributed by atoms with van der Waals surface area (Å²) in [6.07, 6.45) is 1.78. The molecule has 0 aliphatic rings. The van der Waals surface area contributed by atoms with Gasteiger partial charge in [-0.05, 0) is 48.1 Å². The zero-order valence-electron chi connectivity index (χ0n) is 14.3. The molecule has 0 saturated carbocycles. The van der Waals surface area contributed by atoms with Crippen LogP contribution in [-0.2, 0) is 7.05 Å². The van der Waals surface area contributed by atoms with Crippen LogP contribution in [0.15, 0.2) is 77.9 Å². The molecule has 0 bridgehead atoms. The fourth-order valence-corrected chi connectivity index (χ4v) is 3.28. The first-order chi connectivity index (χ1) is 12.7. The highest BCUT2D eigenvalue weighted by Gasteiger charge is 2.07. The van der Waals surface area contributed by atoms with E-state index < -0.39 is 0 Å². The number of nitrogens with one attached hydrogen (secondary N) is 2. The molecule has 0 spiro atoms. The van der Waals surface area contributed by atoms with Gasteiger partial charge in [-0.15, -0.1) is 0 Å². The van der Waals surface area contributed by atoms with Crippen molar-refractivity contribution < 1.29 is 0 Å². The van der Waals surface area contributed by atoms with Crippen LogP contribution in [0.25, 0.3) is 21.8 Å². The normalized spacial score (nSPS) is 11.3. The van der Waals surface area contributed by atoms with Crippen LogP contribution in [-0.4, -0.2) is 15.9 Å². The SMILES string of the molecule is Cn1c2ccccc2c2cc(/C=N\NC(=S)Nc3ccccc3)ccc21. The molecule has 0 unspecified atom stereocenters. The highest BCUT2D eigenvalue weighted by molar-refractivity contribution is 7.80.